The lowest BCUT2D eigenvalue weighted by Crippen LogP contribution is -2.43. The van der Waals surface area contributed by atoms with Crippen LogP contribution in [0.3, 0.4) is 0 Å². The van der Waals surface area contributed by atoms with Gasteiger partial charge in [0.2, 0.25) is 0 Å². The third-order valence-corrected chi connectivity index (χ3v) is 6.77. The number of alkyl halides is 3. The molecule has 0 aromatic heterocycles. The number of rotatable bonds is 6. The first-order valence-corrected chi connectivity index (χ1v) is 12.2. The molecular formula is C23H20ClF3N2O5S. The van der Waals surface area contributed by atoms with Crippen molar-refractivity contribution in [2.24, 2.45) is 0 Å². The number of carbonyl (C=O) groups excluding carboxylic acids is 1. The van der Waals surface area contributed by atoms with Gasteiger partial charge < -0.3 is 10.0 Å². The highest BCUT2D eigenvalue weighted by Gasteiger charge is 2.43. The molecule has 1 aliphatic heterocycles. The van der Waals surface area contributed by atoms with Gasteiger partial charge in [-0.3, -0.25) is 14.3 Å². The Morgan fingerprint density at radius 3 is 2.57 bits per heavy atom. The number of fused-ring (bicyclic) bond motifs is 1. The second-order valence-corrected chi connectivity index (χ2v) is 9.87. The number of nitrogens with one attached hydrogen (secondary N) is 1. The highest BCUT2D eigenvalue weighted by molar-refractivity contribution is 7.92. The van der Waals surface area contributed by atoms with Crippen molar-refractivity contribution in [1.29, 1.82) is 0 Å². The molecule has 186 valence electrons. The Morgan fingerprint density at radius 1 is 1.14 bits per heavy atom. The first kappa shape index (κ1) is 26.4. The van der Waals surface area contributed by atoms with E-state index >= 15 is 0 Å². The first-order chi connectivity index (χ1) is 16.4. The molecule has 2 N–H and O–H groups in total. The second-order valence-electron chi connectivity index (χ2n) is 7.75. The Balaban J connectivity index is 1.83. The summed E-state index contributed by atoms with van der Waals surface area (Å²) in [6.07, 6.45) is -4.28. The van der Waals surface area contributed by atoms with E-state index in [1.165, 1.54) is 36.4 Å². The van der Waals surface area contributed by atoms with Crippen molar-refractivity contribution in [3.8, 4) is 11.8 Å². The molecule has 0 aliphatic carbocycles. The normalized spacial score (nSPS) is 13.4. The number of carboxylic acid groups (broad SMARTS) is 1. The smallest absolute Gasteiger partial charge is 0.471 e. The topological polar surface area (TPSA) is 104 Å². The number of hydrogen-bond donors (Lipinski definition) is 2. The van der Waals surface area contributed by atoms with Crippen LogP contribution in [-0.4, -0.2) is 43.0 Å². The summed E-state index contributed by atoms with van der Waals surface area (Å²) in [4.78, 5) is 22.6. The van der Waals surface area contributed by atoms with Crippen LogP contribution < -0.4 is 4.72 Å². The number of benzene rings is 2. The molecule has 0 saturated carbocycles. The van der Waals surface area contributed by atoms with Gasteiger partial charge in [-0.05, 0) is 54.3 Å². The summed E-state index contributed by atoms with van der Waals surface area (Å²) in [6.45, 7) is -0.472. The monoisotopic (exact) mass is 528 g/mol. The van der Waals surface area contributed by atoms with Crippen LogP contribution >= 0.6 is 11.6 Å². The van der Waals surface area contributed by atoms with Crippen molar-refractivity contribution in [3.63, 3.8) is 0 Å². The summed E-state index contributed by atoms with van der Waals surface area (Å²) < 4.78 is 66.9. The predicted octanol–water partition coefficient (Wildman–Crippen LogP) is 4.19. The molecule has 1 amide bonds. The molecule has 1 heterocycles. The van der Waals surface area contributed by atoms with Crippen molar-refractivity contribution >= 4 is 39.2 Å². The van der Waals surface area contributed by atoms with Crippen molar-refractivity contribution in [3.05, 3.63) is 58.1 Å². The minimum absolute atomic E-state index is 0.0476. The Bertz CT molecular complexity index is 1320. The molecule has 0 saturated heterocycles. The van der Waals surface area contributed by atoms with E-state index in [-0.39, 0.29) is 48.5 Å². The number of aliphatic carboxylic acids is 1. The molecule has 3 rings (SSSR count). The molecule has 1 aliphatic rings. The molecule has 0 spiro atoms. The van der Waals surface area contributed by atoms with Crippen LogP contribution in [0.4, 0.5) is 18.9 Å². The third kappa shape index (κ3) is 6.90. The number of carbonyl (C=O) groups is 2. The molecule has 35 heavy (non-hydrogen) atoms. The van der Waals surface area contributed by atoms with Crippen molar-refractivity contribution in [2.45, 2.75) is 43.3 Å². The molecule has 2 aromatic carbocycles. The van der Waals surface area contributed by atoms with Gasteiger partial charge in [0, 0.05) is 31.0 Å². The van der Waals surface area contributed by atoms with Gasteiger partial charge in [-0.2, -0.15) is 13.2 Å². The van der Waals surface area contributed by atoms with Crippen LogP contribution in [0.5, 0.6) is 0 Å². The molecule has 0 radical (unpaired) electrons. The quantitative estimate of drug-likeness (QED) is 0.432. The molecular weight excluding hydrogens is 509 g/mol. The molecule has 7 nitrogen and oxygen atoms in total. The van der Waals surface area contributed by atoms with Crippen LogP contribution in [0, 0.1) is 11.8 Å². The van der Waals surface area contributed by atoms with E-state index < -0.39 is 28.1 Å². The maximum atomic E-state index is 13.0. The summed E-state index contributed by atoms with van der Waals surface area (Å²) in [7, 11) is -4.16. The fourth-order valence-corrected chi connectivity index (χ4v) is 4.75. The maximum absolute atomic E-state index is 13.0. The lowest BCUT2D eigenvalue weighted by atomic mass is 10.00. The number of hydrogen-bond acceptors (Lipinski definition) is 4. The number of unbranched alkanes of at least 4 members (excludes halogenated alkanes) is 1. The van der Waals surface area contributed by atoms with E-state index in [2.05, 4.69) is 16.6 Å². The Hall–Kier alpha value is -3.23. The maximum Gasteiger partial charge on any atom is 0.471 e. The fourth-order valence-electron chi connectivity index (χ4n) is 3.45. The van der Waals surface area contributed by atoms with E-state index in [0.717, 1.165) is 0 Å². The number of amides is 1. The molecule has 2 aromatic rings. The summed E-state index contributed by atoms with van der Waals surface area (Å²) in [5, 5.41) is 9.00. The number of carboxylic acids is 1. The van der Waals surface area contributed by atoms with Gasteiger partial charge in [0.15, 0.2) is 0 Å². The first-order valence-electron chi connectivity index (χ1n) is 10.4. The number of nitrogens with zero attached hydrogens (tertiary/aromatic N) is 1. The van der Waals surface area contributed by atoms with Gasteiger partial charge >= 0.3 is 18.1 Å². The average molecular weight is 529 g/mol. The van der Waals surface area contributed by atoms with Gasteiger partial charge in [-0.25, -0.2) is 8.42 Å². The minimum atomic E-state index is -5.01. The summed E-state index contributed by atoms with van der Waals surface area (Å²) in [5.41, 5.74) is 1.38. The lowest BCUT2D eigenvalue weighted by Gasteiger charge is -2.29. The zero-order valence-electron chi connectivity index (χ0n) is 18.2. The Kier molecular flexibility index (Phi) is 7.97. The zero-order valence-corrected chi connectivity index (χ0v) is 19.7. The number of sulfonamides is 1. The molecule has 12 heteroatoms. The largest absolute Gasteiger partial charge is 0.481 e. The summed E-state index contributed by atoms with van der Waals surface area (Å²) in [5.74, 6) is 2.65. The summed E-state index contributed by atoms with van der Waals surface area (Å²) >= 11 is 6.00. The van der Waals surface area contributed by atoms with E-state index in [1.54, 1.807) is 0 Å². The highest BCUT2D eigenvalue weighted by atomic mass is 35.5. The Labute approximate surface area is 204 Å². The van der Waals surface area contributed by atoms with E-state index in [4.69, 9.17) is 16.7 Å². The molecule has 0 fully saturated rings. The standard InChI is InChI=1S/C23H20ClF3N2O5S/c24-18-7-9-20(16(12-18)4-2-1-3-5-21(30)31)28-35(33,34)19-8-6-15-10-11-29(14-17(15)13-19)22(32)23(25,26)27/h6-9,12-13,28H,1,3,5,10-11,14H2,(H,30,31). The highest BCUT2D eigenvalue weighted by Crippen LogP contribution is 2.28. The van der Waals surface area contributed by atoms with E-state index in [1.807, 2.05) is 0 Å². The molecule has 0 bridgehead atoms. The number of anilines is 1. The van der Waals surface area contributed by atoms with Crippen LogP contribution in [0.1, 0.15) is 36.0 Å². The molecule has 0 unspecified atom stereocenters. The predicted molar refractivity (Wildman–Crippen MR) is 122 cm³/mol. The van der Waals surface area contributed by atoms with Gasteiger partial charge in [0.05, 0.1) is 16.1 Å². The van der Waals surface area contributed by atoms with Crippen molar-refractivity contribution in [2.75, 3.05) is 11.3 Å². The third-order valence-electron chi connectivity index (χ3n) is 5.17. The SMILES string of the molecule is O=C(O)CCCC#Cc1cc(Cl)ccc1NS(=O)(=O)c1ccc2c(c1)CN(C(=O)C(F)(F)F)CC2. The van der Waals surface area contributed by atoms with Crippen molar-refractivity contribution in [1.82, 2.24) is 4.90 Å². The van der Waals surface area contributed by atoms with Gasteiger partial charge in [0.25, 0.3) is 10.0 Å². The molecule has 0 atom stereocenters. The van der Waals surface area contributed by atoms with Crippen LogP contribution in [0.25, 0.3) is 0 Å². The minimum Gasteiger partial charge on any atom is -0.481 e. The van der Waals surface area contributed by atoms with E-state index in [9.17, 15) is 31.2 Å². The average Bonchev–Trinajstić information content (AvgIpc) is 2.78. The summed E-state index contributed by atoms with van der Waals surface area (Å²) in [6, 6.07) is 8.45. The van der Waals surface area contributed by atoms with Crippen LogP contribution in [0.2, 0.25) is 5.02 Å². The van der Waals surface area contributed by atoms with Crippen LogP contribution in [-0.2, 0) is 32.6 Å². The van der Waals surface area contributed by atoms with E-state index in [0.29, 0.717) is 27.5 Å². The van der Waals surface area contributed by atoms with Gasteiger partial charge in [-0.1, -0.05) is 29.5 Å². The van der Waals surface area contributed by atoms with Gasteiger partial charge in [0.1, 0.15) is 0 Å². The van der Waals surface area contributed by atoms with Crippen LogP contribution in [0.15, 0.2) is 41.3 Å². The lowest BCUT2D eigenvalue weighted by molar-refractivity contribution is -0.186. The second kappa shape index (κ2) is 10.6. The van der Waals surface area contributed by atoms with Crippen molar-refractivity contribution < 1.29 is 36.3 Å². The fraction of sp³-hybridized carbons (Fsp3) is 0.304. The number of halogens is 4. The Morgan fingerprint density at radius 2 is 1.89 bits per heavy atom. The van der Waals surface area contributed by atoms with Gasteiger partial charge in [-0.15, -0.1) is 0 Å². The zero-order chi connectivity index (χ0) is 25.8.